The van der Waals surface area contributed by atoms with Crippen molar-refractivity contribution < 1.29 is 0 Å². The quantitative estimate of drug-likeness (QED) is 0.797. The summed E-state index contributed by atoms with van der Waals surface area (Å²) in [4.78, 5) is 2.63. The first-order chi connectivity index (χ1) is 10.2. The van der Waals surface area contributed by atoms with Crippen LogP contribution in [-0.4, -0.2) is 31.1 Å². The molecule has 2 rings (SSSR count). The fraction of sp³-hybridized carbons (Fsp3) is 0.667. The molecule has 2 nitrogen and oxygen atoms in total. The fourth-order valence-electron chi connectivity index (χ4n) is 3.20. The van der Waals surface area contributed by atoms with Crippen molar-refractivity contribution in [1.29, 1.82) is 0 Å². The number of piperidine rings is 1. The van der Waals surface area contributed by atoms with Crippen molar-refractivity contribution in [3.05, 3.63) is 34.9 Å². The topological polar surface area (TPSA) is 15.3 Å². The van der Waals surface area contributed by atoms with E-state index in [2.05, 4.69) is 36.2 Å². The predicted molar refractivity (Wildman–Crippen MR) is 91.9 cm³/mol. The Morgan fingerprint density at radius 1 is 1.33 bits per heavy atom. The molecular formula is C18H29ClN2. The largest absolute Gasteiger partial charge is 0.310 e. The highest BCUT2D eigenvalue weighted by Crippen LogP contribution is 2.22. The molecule has 1 N–H and O–H groups in total. The predicted octanol–water partition coefficient (Wildman–Crippen LogP) is 4.50. The average molecular weight is 309 g/mol. The lowest BCUT2D eigenvalue weighted by Crippen LogP contribution is -2.36. The van der Waals surface area contributed by atoms with Gasteiger partial charge in [0.15, 0.2) is 0 Å². The van der Waals surface area contributed by atoms with E-state index in [1.165, 1.54) is 50.9 Å². The first kappa shape index (κ1) is 16.8. The van der Waals surface area contributed by atoms with E-state index in [9.17, 15) is 0 Å². The smallest absolute Gasteiger partial charge is 0.0406 e. The molecule has 0 saturated carbocycles. The summed E-state index contributed by atoms with van der Waals surface area (Å²) >= 11 is 6.01. The van der Waals surface area contributed by atoms with Gasteiger partial charge in [0.25, 0.3) is 0 Å². The van der Waals surface area contributed by atoms with E-state index in [4.69, 9.17) is 11.6 Å². The van der Waals surface area contributed by atoms with Gasteiger partial charge in [-0.05, 0) is 68.9 Å². The van der Waals surface area contributed by atoms with Crippen molar-refractivity contribution in [2.75, 3.05) is 26.2 Å². The number of hydrogen-bond acceptors (Lipinski definition) is 2. The molecule has 1 aromatic carbocycles. The highest BCUT2D eigenvalue weighted by atomic mass is 35.5. The minimum Gasteiger partial charge on any atom is -0.310 e. The van der Waals surface area contributed by atoms with Crippen LogP contribution >= 0.6 is 11.6 Å². The van der Waals surface area contributed by atoms with Crippen LogP contribution in [0.15, 0.2) is 24.3 Å². The standard InChI is InChI=1S/C18H29ClN2/c1-3-11-20-18(16-6-8-17(19)9-7-16)10-13-21-12-4-5-15(2)14-21/h6-9,15,18,20H,3-5,10-14H2,1-2H3. The van der Waals surface area contributed by atoms with Crippen LogP contribution in [0.1, 0.15) is 51.1 Å². The molecule has 0 spiro atoms. The number of benzene rings is 1. The second-order valence-corrected chi connectivity index (χ2v) is 6.83. The van der Waals surface area contributed by atoms with E-state index in [1.54, 1.807) is 0 Å². The van der Waals surface area contributed by atoms with Crippen LogP contribution in [0.2, 0.25) is 5.02 Å². The zero-order valence-electron chi connectivity index (χ0n) is 13.4. The summed E-state index contributed by atoms with van der Waals surface area (Å²) in [5.74, 6) is 0.858. The number of hydrogen-bond donors (Lipinski definition) is 1. The second-order valence-electron chi connectivity index (χ2n) is 6.39. The van der Waals surface area contributed by atoms with Gasteiger partial charge >= 0.3 is 0 Å². The van der Waals surface area contributed by atoms with Crippen LogP contribution in [0.3, 0.4) is 0 Å². The van der Waals surface area contributed by atoms with Gasteiger partial charge in [0.2, 0.25) is 0 Å². The van der Waals surface area contributed by atoms with Crippen LogP contribution in [0.5, 0.6) is 0 Å². The van der Waals surface area contributed by atoms with Crippen molar-refractivity contribution in [3.63, 3.8) is 0 Å². The van der Waals surface area contributed by atoms with Crippen LogP contribution in [0, 0.1) is 5.92 Å². The molecule has 2 atom stereocenters. The zero-order valence-corrected chi connectivity index (χ0v) is 14.2. The lowest BCUT2D eigenvalue weighted by molar-refractivity contribution is 0.176. The summed E-state index contributed by atoms with van der Waals surface area (Å²) in [6, 6.07) is 8.77. The first-order valence-corrected chi connectivity index (χ1v) is 8.78. The first-order valence-electron chi connectivity index (χ1n) is 8.40. The highest BCUT2D eigenvalue weighted by molar-refractivity contribution is 6.30. The molecule has 1 aromatic rings. The molecule has 3 heteroatoms. The molecule has 1 fully saturated rings. The summed E-state index contributed by atoms with van der Waals surface area (Å²) in [7, 11) is 0. The Morgan fingerprint density at radius 3 is 2.76 bits per heavy atom. The summed E-state index contributed by atoms with van der Waals surface area (Å²) in [6.07, 6.45) is 5.10. The summed E-state index contributed by atoms with van der Waals surface area (Å²) in [5, 5.41) is 4.50. The van der Waals surface area contributed by atoms with Crippen molar-refractivity contribution in [3.8, 4) is 0 Å². The van der Waals surface area contributed by atoms with Crippen molar-refractivity contribution in [1.82, 2.24) is 10.2 Å². The van der Waals surface area contributed by atoms with Gasteiger partial charge in [0.1, 0.15) is 0 Å². The third kappa shape index (κ3) is 5.61. The summed E-state index contributed by atoms with van der Waals surface area (Å²) in [6.45, 7) is 9.39. The molecule has 0 bridgehead atoms. The lowest BCUT2D eigenvalue weighted by Gasteiger charge is -2.32. The van der Waals surface area contributed by atoms with Crippen molar-refractivity contribution in [2.24, 2.45) is 5.92 Å². The summed E-state index contributed by atoms with van der Waals surface area (Å²) in [5.41, 5.74) is 1.36. The Kier molecular flexibility index (Phi) is 7.01. The minimum absolute atomic E-state index is 0.444. The molecule has 0 aromatic heterocycles. The number of rotatable bonds is 7. The normalized spacial score (nSPS) is 21.4. The van der Waals surface area contributed by atoms with E-state index < -0.39 is 0 Å². The third-order valence-corrected chi connectivity index (χ3v) is 4.64. The van der Waals surface area contributed by atoms with E-state index in [0.717, 1.165) is 17.5 Å². The van der Waals surface area contributed by atoms with Gasteiger partial charge in [0.05, 0.1) is 0 Å². The van der Waals surface area contributed by atoms with E-state index in [1.807, 2.05) is 12.1 Å². The van der Waals surface area contributed by atoms with Crippen molar-refractivity contribution >= 4 is 11.6 Å². The zero-order chi connectivity index (χ0) is 15.1. The Hall–Kier alpha value is -0.570. The Labute approximate surface area is 134 Å². The van der Waals surface area contributed by atoms with Gasteiger partial charge in [-0.3, -0.25) is 0 Å². The highest BCUT2D eigenvalue weighted by Gasteiger charge is 2.18. The molecule has 0 radical (unpaired) electrons. The molecule has 1 aliphatic rings. The number of halogens is 1. The summed E-state index contributed by atoms with van der Waals surface area (Å²) < 4.78 is 0. The molecule has 1 heterocycles. The molecule has 1 saturated heterocycles. The van der Waals surface area contributed by atoms with E-state index in [-0.39, 0.29) is 0 Å². The van der Waals surface area contributed by atoms with Crippen LogP contribution in [0.25, 0.3) is 0 Å². The second kappa shape index (κ2) is 8.77. The average Bonchev–Trinajstić information content (AvgIpc) is 2.49. The number of nitrogens with one attached hydrogen (secondary N) is 1. The van der Waals surface area contributed by atoms with Gasteiger partial charge in [-0.25, -0.2) is 0 Å². The monoisotopic (exact) mass is 308 g/mol. The molecule has 1 aliphatic heterocycles. The van der Waals surface area contributed by atoms with Gasteiger partial charge < -0.3 is 10.2 Å². The van der Waals surface area contributed by atoms with Gasteiger partial charge in [-0.1, -0.05) is 37.6 Å². The maximum absolute atomic E-state index is 6.01. The van der Waals surface area contributed by atoms with Gasteiger partial charge in [-0.15, -0.1) is 0 Å². The van der Waals surface area contributed by atoms with E-state index >= 15 is 0 Å². The molecule has 2 unspecified atom stereocenters. The number of likely N-dealkylation sites (tertiary alicyclic amines) is 1. The minimum atomic E-state index is 0.444. The molecule has 0 amide bonds. The lowest BCUT2D eigenvalue weighted by atomic mass is 9.98. The Bertz CT molecular complexity index is 404. The molecule has 118 valence electrons. The van der Waals surface area contributed by atoms with Gasteiger partial charge in [0, 0.05) is 17.6 Å². The SMILES string of the molecule is CCCNC(CCN1CCCC(C)C1)c1ccc(Cl)cc1. The van der Waals surface area contributed by atoms with E-state index in [0.29, 0.717) is 6.04 Å². The van der Waals surface area contributed by atoms with Gasteiger partial charge in [-0.2, -0.15) is 0 Å². The Balaban J connectivity index is 1.91. The number of nitrogens with zero attached hydrogens (tertiary/aromatic N) is 1. The van der Waals surface area contributed by atoms with Crippen LogP contribution in [0.4, 0.5) is 0 Å². The fourth-order valence-corrected chi connectivity index (χ4v) is 3.33. The maximum Gasteiger partial charge on any atom is 0.0406 e. The third-order valence-electron chi connectivity index (χ3n) is 4.39. The molecule has 0 aliphatic carbocycles. The molecular weight excluding hydrogens is 280 g/mol. The van der Waals surface area contributed by atoms with Crippen molar-refractivity contribution in [2.45, 2.75) is 45.6 Å². The molecule has 21 heavy (non-hydrogen) atoms. The van der Waals surface area contributed by atoms with Crippen LogP contribution in [-0.2, 0) is 0 Å². The van der Waals surface area contributed by atoms with Crippen LogP contribution < -0.4 is 5.32 Å². The Morgan fingerprint density at radius 2 is 2.10 bits per heavy atom. The maximum atomic E-state index is 6.01.